The van der Waals surface area contributed by atoms with Gasteiger partial charge in [0.15, 0.2) is 5.79 Å². The molecule has 2 fully saturated rings. The maximum absolute atomic E-state index is 10.7. The third kappa shape index (κ3) is 2.03. The third-order valence-corrected chi connectivity index (χ3v) is 4.78. The van der Waals surface area contributed by atoms with E-state index in [1.165, 1.54) is 4.88 Å². The van der Waals surface area contributed by atoms with Crippen LogP contribution < -0.4 is 0 Å². The monoisotopic (exact) mass is 254 g/mol. The topological polar surface area (TPSA) is 38.7 Å². The van der Waals surface area contributed by atoms with Gasteiger partial charge in [-0.1, -0.05) is 0 Å². The molecule has 3 nitrogen and oxygen atoms in total. The van der Waals surface area contributed by atoms with Crippen LogP contribution in [0.15, 0.2) is 11.4 Å². The van der Waals surface area contributed by atoms with Crippen molar-refractivity contribution < 1.29 is 14.6 Å². The average Bonchev–Trinajstić information content (AvgIpc) is 2.94. The van der Waals surface area contributed by atoms with E-state index >= 15 is 0 Å². The Morgan fingerprint density at radius 2 is 1.82 bits per heavy atom. The molecule has 1 aromatic heterocycles. The van der Waals surface area contributed by atoms with Crippen molar-refractivity contribution in [3.8, 4) is 0 Å². The van der Waals surface area contributed by atoms with E-state index in [2.05, 4.69) is 18.4 Å². The molecule has 1 saturated heterocycles. The number of hydrogen-bond donors (Lipinski definition) is 1. The Morgan fingerprint density at radius 1 is 1.18 bits per heavy atom. The van der Waals surface area contributed by atoms with Crippen LogP contribution in [0.3, 0.4) is 0 Å². The number of hydrogen-bond acceptors (Lipinski definition) is 4. The molecular formula is C13H18O3S. The molecule has 0 bridgehead atoms. The Labute approximate surface area is 105 Å². The van der Waals surface area contributed by atoms with Crippen LogP contribution >= 0.6 is 11.3 Å². The highest BCUT2D eigenvalue weighted by Gasteiger charge is 2.46. The molecule has 2 aliphatic rings. The standard InChI is InChI=1S/C13H18O3S/c1-10-8-11(9-17-10)12(14)2-4-13(5-3-12)15-6-7-16-13/h8-9,14H,2-7H2,1H3. The minimum Gasteiger partial charge on any atom is -0.385 e. The quantitative estimate of drug-likeness (QED) is 0.837. The SMILES string of the molecule is Cc1cc(C2(O)CCC3(CC2)OCCO3)cs1. The van der Waals surface area contributed by atoms with Crippen molar-refractivity contribution in [1.29, 1.82) is 0 Å². The van der Waals surface area contributed by atoms with E-state index in [1.54, 1.807) is 11.3 Å². The summed E-state index contributed by atoms with van der Waals surface area (Å²) in [6.07, 6.45) is 3.03. The molecule has 3 rings (SSSR count). The highest BCUT2D eigenvalue weighted by molar-refractivity contribution is 7.10. The number of aryl methyl sites for hydroxylation is 1. The third-order valence-electron chi connectivity index (χ3n) is 3.92. The van der Waals surface area contributed by atoms with Gasteiger partial charge in [0.1, 0.15) is 0 Å². The molecule has 1 spiro atoms. The molecule has 0 atom stereocenters. The van der Waals surface area contributed by atoms with Gasteiger partial charge in [-0.25, -0.2) is 0 Å². The second kappa shape index (κ2) is 4.05. The highest BCUT2D eigenvalue weighted by Crippen LogP contribution is 2.45. The van der Waals surface area contributed by atoms with Gasteiger partial charge in [-0.2, -0.15) is 0 Å². The summed E-state index contributed by atoms with van der Waals surface area (Å²) in [6.45, 7) is 3.46. The molecule has 4 heteroatoms. The lowest BCUT2D eigenvalue weighted by molar-refractivity contribution is -0.204. The van der Waals surface area contributed by atoms with Crippen molar-refractivity contribution >= 4 is 11.3 Å². The Bertz CT molecular complexity index is 397. The first-order valence-corrected chi connectivity index (χ1v) is 7.06. The van der Waals surface area contributed by atoms with Crippen molar-refractivity contribution in [2.45, 2.75) is 44.0 Å². The van der Waals surface area contributed by atoms with Gasteiger partial charge < -0.3 is 14.6 Å². The summed E-state index contributed by atoms with van der Waals surface area (Å²) in [5.41, 5.74) is 0.388. The zero-order chi connectivity index (χ0) is 11.9. The molecule has 0 unspecified atom stereocenters. The fraction of sp³-hybridized carbons (Fsp3) is 0.692. The lowest BCUT2D eigenvalue weighted by Gasteiger charge is -2.40. The lowest BCUT2D eigenvalue weighted by atomic mass is 9.78. The predicted molar refractivity (Wildman–Crippen MR) is 66.1 cm³/mol. The summed E-state index contributed by atoms with van der Waals surface area (Å²) >= 11 is 1.70. The Hall–Kier alpha value is -0.420. The van der Waals surface area contributed by atoms with Crippen LogP contribution in [-0.2, 0) is 15.1 Å². The molecule has 17 heavy (non-hydrogen) atoms. The van der Waals surface area contributed by atoms with E-state index in [0.717, 1.165) is 31.2 Å². The van der Waals surface area contributed by atoms with E-state index in [4.69, 9.17) is 9.47 Å². The van der Waals surface area contributed by atoms with Gasteiger partial charge in [-0.05, 0) is 36.8 Å². The van der Waals surface area contributed by atoms with Crippen LogP contribution in [0.2, 0.25) is 0 Å². The van der Waals surface area contributed by atoms with Crippen molar-refractivity contribution in [1.82, 2.24) is 0 Å². The normalized spacial score (nSPS) is 26.5. The van der Waals surface area contributed by atoms with E-state index in [0.29, 0.717) is 13.2 Å². The van der Waals surface area contributed by atoms with Crippen LogP contribution in [0, 0.1) is 6.92 Å². The Morgan fingerprint density at radius 3 is 2.35 bits per heavy atom. The van der Waals surface area contributed by atoms with E-state index in [9.17, 15) is 5.11 Å². The summed E-state index contributed by atoms with van der Waals surface area (Å²) in [6, 6.07) is 2.10. The van der Waals surface area contributed by atoms with Crippen molar-refractivity contribution in [3.63, 3.8) is 0 Å². The zero-order valence-corrected chi connectivity index (χ0v) is 10.9. The summed E-state index contributed by atoms with van der Waals surface area (Å²) < 4.78 is 11.4. The number of aliphatic hydroxyl groups is 1. The largest absolute Gasteiger partial charge is 0.385 e. The second-order valence-corrected chi connectivity index (χ2v) is 6.20. The first kappa shape index (κ1) is 11.7. The zero-order valence-electron chi connectivity index (χ0n) is 10.1. The number of rotatable bonds is 1. The molecule has 1 aliphatic heterocycles. The van der Waals surface area contributed by atoms with Crippen LogP contribution in [0.5, 0.6) is 0 Å². The summed E-state index contributed by atoms with van der Waals surface area (Å²) in [5, 5.41) is 12.8. The summed E-state index contributed by atoms with van der Waals surface area (Å²) in [5.74, 6) is -0.392. The molecule has 2 heterocycles. The van der Waals surface area contributed by atoms with E-state index < -0.39 is 11.4 Å². The molecule has 1 aliphatic carbocycles. The predicted octanol–water partition coefficient (Wildman–Crippen LogP) is 2.56. The Kier molecular flexibility index (Phi) is 2.78. The average molecular weight is 254 g/mol. The molecule has 0 radical (unpaired) electrons. The van der Waals surface area contributed by atoms with Crippen LogP contribution in [-0.4, -0.2) is 24.1 Å². The van der Waals surface area contributed by atoms with Gasteiger partial charge in [-0.3, -0.25) is 0 Å². The smallest absolute Gasteiger partial charge is 0.168 e. The van der Waals surface area contributed by atoms with Gasteiger partial charge in [0.25, 0.3) is 0 Å². The van der Waals surface area contributed by atoms with Crippen LogP contribution in [0.1, 0.15) is 36.1 Å². The fourth-order valence-electron chi connectivity index (χ4n) is 2.81. The molecule has 1 aromatic rings. The fourth-order valence-corrected chi connectivity index (χ4v) is 3.60. The minimum atomic E-state index is -0.675. The molecule has 0 aromatic carbocycles. The number of ether oxygens (including phenoxy) is 2. The molecule has 1 saturated carbocycles. The maximum atomic E-state index is 10.7. The van der Waals surface area contributed by atoms with E-state index in [-0.39, 0.29) is 0 Å². The van der Waals surface area contributed by atoms with Gasteiger partial charge in [0, 0.05) is 17.7 Å². The van der Waals surface area contributed by atoms with Crippen molar-refractivity contribution in [3.05, 3.63) is 21.9 Å². The van der Waals surface area contributed by atoms with E-state index in [1.807, 2.05) is 0 Å². The minimum absolute atomic E-state index is 0.392. The van der Waals surface area contributed by atoms with Crippen molar-refractivity contribution in [2.75, 3.05) is 13.2 Å². The lowest BCUT2D eigenvalue weighted by Crippen LogP contribution is -2.41. The van der Waals surface area contributed by atoms with Crippen LogP contribution in [0.25, 0.3) is 0 Å². The van der Waals surface area contributed by atoms with Gasteiger partial charge in [0.2, 0.25) is 0 Å². The van der Waals surface area contributed by atoms with Crippen LogP contribution in [0.4, 0.5) is 0 Å². The first-order valence-electron chi connectivity index (χ1n) is 6.18. The summed E-state index contributed by atoms with van der Waals surface area (Å²) in [7, 11) is 0. The molecular weight excluding hydrogens is 236 g/mol. The second-order valence-electron chi connectivity index (χ2n) is 5.09. The van der Waals surface area contributed by atoms with Gasteiger partial charge >= 0.3 is 0 Å². The Balaban J connectivity index is 1.75. The first-order chi connectivity index (χ1) is 8.12. The van der Waals surface area contributed by atoms with Gasteiger partial charge in [-0.15, -0.1) is 11.3 Å². The molecule has 0 amide bonds. The van der Waals surface area contributed by atoms with Crippen molar-refractivity contribution in [2.24, 2.45) is 0 Å². The van der Waals surface area contributed by atoms with Gasteiger partial charge in [0.05, 0.1) is 18.8 Å². The highest BCUT2D eigenvalue weighted by atomic mass is 32.1. The molecule has 94 valence electrons. The maximum Gasteiger partial charge on any atom is 0.168 e. The summed E-state index contributed by atoms with van der Waals surface area (Å²) in [4.78, 5) is 1.25. The number of thiophene rings is 1. The molecule has 1 N–H and O–H groups in total.